The highest BCUT2D eigenvalue weighted by Gasteiger charge is 2.62. The van der Waals surface area contributed by atoms with Crippen LogP contribution in [0.4, 0.5) is 39.5 Å². The van der Waals surface area contributed by atoms with Crippen LogP contribution in [-0.4, -0.2) is 75.7 Å². The van der Waals surface area contributed by atoms with E-state index in [0.717, 1.165) is 0 Å². The number of nitrogens with zero attached hydrogens (tertiary/aromatic N) is 1. The van der Waals surface area contributed by atoms with Gasteiger partial charge in [-0.15, -0.1) is 11.6 Å². The molecule has 0 saturated carbocycles. The lowest BCUT2D eigenvalue weighted by Crippen LogP contribution is -2.69. The molecule has 4 nitrogen and oxygen atoms in total. The molecule has 3 rings (SSSR count). The molecule has 0 radical (unpaired) electrons. The smallest absolute Gasteiger partial charge is 0.359 e. The van der Waals surface area contributed by atoms with Crippen molar-refractivity contribution in [1.29, 1.82) is 0 Å². The molecule has 3 atom stereocenters. The second-order valence-electron chi connectivity index (χ2n) is 5.48. The van der Waals surface area contributed by atoms with E-state index in [4.69, 9.17) is 11.6 Å². The summed E-state index contributed by atoms with van der Waals surface area (Å²) in [7, 11) is -5.14. The highest BCUT2D eigenvalue weighted by atomic mass is 35.5. The minimum absolute atomic E-state index is 0.320. The molecule has 3 heterocycles. The van der Waals surface area contributed by atoms with Crippen molar-refractivity contribution in [3.63, 3.8) is 0 Å². The van der Waals surface area contributed by atoms with E-state index < -0.39 is 70.8 Å². The summed E-state index contributed by atoms with van der Waals surface area (Å²) in [6, 6.07) is 0. The van der Waals surface area contributed by atoms with E-state index in [0.29, 0.717) is 4.90 Å². The second-order valence-corrected chi connectivity index (χ2v) is 8.62. The summed E-state index contributed by atoms with van der Waals surface area (Å²) in [4.78, 5) is 0.320. The van der Waals surface area contributed by atoms with E-state index in [2.05, 4.69) is 13.3 Å². The van der Waals surface area contributed by atoms with Crippen molar-refractivity contribution in [3.05, 3.63) is 0 Å². The van der Waals surface area contributed by atoms with Gasteiger partial charge in [-0.25, -0.2) is 0 Å². The number of rotatable bonds is 1. The van der Waals surface area contributed by atoms with Gasteiger partial charge >= 0.3 is 27.3 Å². The molecule has 3 unspecified atom stereocenters. The van der Waals surface area contributed by atoms with E-state index in [9.17, 15) is 39.5 Å². The van der Waals surface area contributed by atoms with Crippen LogP contribution < -0.4 is 0 Å². The van der Waals surface area contributed by atoms with Gasteiger partial charge in [-0.2, -0.15) is 39.5 Å². The Morgan fingerprint density at radius 1 is 0.720 bits per heavy atom. The third-order valence-electron chi connectivity index (χ3n) is 3.50. The Morgan fingerprint density at radius 3 is 1.20 bits per heavy atom. The van der Waals surface area contributed by atoms with Gasteiger partial charge in [-0.1, -0.05) is 0 Å². The average molecular weight is 428 g/mol. The monoisotopic (exact) mass is 427 g/mol. The van der Waals surface area contributed by atoms with Crippen LogP contribution in [0.5, 0.6) is 0 Å². The zero-order valence-electron chi connectivity index (χ0n) is 12.0. The molecule has 15 heteroatoms. The molecular formula is C10H11ClF9NO3Si. The van der Waals surface area contributed by atoms with Crippen molar-refractivity contribution in [2.45, 2.75) is 36.8 Å². The third-order valence-corrected chi connectivity index (χ3v) is 6.74. The Balaban J connectivity index is 2.45. The summed E-state index contributed by atoms with van der Waals surface area (Å²) >= 11 is 5.38. The first-order valence-electron chi connectivity index (χ1n) is 6.68. The first-order chi connectivity index (χ1) is 11.2. The van der Waals surface area contributed by atoms with E-state index >= 15 is 0 Å². The van der Waals surface area contributed by atoms with Crippen molar-refractivity contribution in [1.82, 2.24) is 4.90 Å². The molecule has 3 aliphatic heterocycles. The molecule has 0 N–H and O–H groups in total. The van der Waals surface area contributed by atoms with Gasteiger partial charge in [0.05, 0.1) is 5.50 Å². The van der Waals surface area contributed by atoms with Crippen LogP contribution in [0.1, 0.15) is 0 Å². The summed E-state index contributed by atoms with van der Waals surface area (Å²) in [6.45, 7) is -3.66. The van der Waals surface area contributed by atoms with Gasteiger partial charge in [0.2, 0.25) is 0 Å². The molecule has 0 aromatic carbocycles. The second kappa shape index (κ2) is 6.71. The molecule has 0 aromatic rings. The molecule has 3 fully saturated rings. The van der Waals surface area contributed by atoms with E-state index in [1.165, 1.54) is 0 Å². The van der Waals surface area contributed by atoms with Crippen LogP contribution in [0, 0.1) is 0 Å². The minimum atomic E-state index is -5.14. The number of alkyl halides is 10. The summed E-state index contributed by atoms with van der Waals surface area (Å²) < 4.78 is 131. The summed E-state index contributed by atoms with van der Waals surface area (Å²) in [5.41, 5.74) is -1.20. The van der Waals surface area contributed by atoms with Crippen LogP contribution in [0.15, 0.2) is 0 Å². The van der Waals surface area contributed by atoms with Crippen molar-refractivity contribution in [3.8, 4) is 0 Å². The largest absolute Gasteiger partial charge is 0.518 e. The van der Waals surface area contributed by atoms with Crippen molar-refractivity contribution in [2.24, 2.45) is 0 Å². The summed E-state index contributed by atoms with van der Waals surface area (Å²) in [5.74, 6) is 0. The van der Waals surface area contributed by atoms with E-state index in [1.54, 1.807) is 0 Å². The minimum Gasteiger partial charge on any atom is -0.359 e. The number of hydrogen-bond acceptors (Lipinski definition) is 4. The lowest BCUT2D eigenvalue weighted by Gasteiger charge is -2.46. The number of fused-ring (bicyclic) bond motifs is 6. The van der Waals surface area contributed by atoms with E-state index in [1.807, 2.05) is 0 Å². The Morgan fingerprint density at radius 2 is 1.00 bits per heavy atom. The van der Waals surface area contributed by atoms with E-state index in [-0.39, 0.29) is 0 Å². The fourth-order valence-corrected chi connectivity index (χ4v) is 5.23. The summed E-state index contributed by atoms with van der Waals surface area (Å²) in [5, 5.41) is 0. The molecule has 0 aromatic heterocycles. The van der Waals surface area contributed by atoms with Gasteiger partial charge < -0.3 is 13.3 Å². The van der Waals surface area contributed by atoms with Crippen LogP contribution >= 0.6 is 11.6 Å². The van der Waals surface area contributed by atoms with Crippen molar-refractivity contribution >= 4 is 20.4 Å². The van der Waals surface area contributed by atoms with Gasteiger partial charge in [0.25, 0.3) is 0 Å². The van der Waals surface area contributed by atoms with Crippen LogP contribution in [-0.2, 0) is 13.3 Å². The quantitative estimate of drug-likeness (QED) is 0.366. The van der Waals surface area contributed by atoms with Gasteiger partial charge in [0, 0.05) is 19.6 Å². The maximum Gasteiger partial charge on any atom is 0.518 e. The maximum absolute atomic E-state index is 13.0. The topological polar surface area (TPSA) is 30.9 Å². The normalized spacial score (nSPS) is 38.2. The zero-order chi connectivity index (χ0) is 19.3. The fourth-order valence-electron chi connectivity index (χ4n) is 2.38. The number of hydrogen-bond donors (Lipinski definition) is 0. The van der Waals surface area contributed by atoms with Crippen molar-refractivity contribution in [2.75, 3.05) is 25.1 Å². The Labute approximate surface area is 141 Å². The van der Waals surface area contributed by atoms with Gasteiger partial charge in [0.15, 0.2) is 18.3 Å². The molecule has 148 valence electrons. The first kappa shape index (κ1) is 21.0. The standard InChI is InChI=1S/C10H11ClF9NO3Si/c11-4-25-22-5(8(12,13)14)1-21(2-6(23-25)9(15,16)17)3-7(24-25)10(18,19)20/h5-7H,1-4H2. The molecular weight excluding hydrogens is 417 g/mol. The predicted octanol–water partition coefficient (Wildman–Crippen LogP) is 2.88. The highest BCUT2D eigenvalue weighted by Crippen LogP contribution is 2.39. The highest BCUT2D eigenvalue weighted by molar-refractivity contribution is 6.69. The lowest BCUT2D eigenvalue weighted by molar-refractivity contribution is -0.275. The average Bonchev–Trinajstić information content (AvgIpc) is 2.32. The lowest BCUT2D eigenvalue weighted by atomic mass is 10.2. The predicted molar refractivity (Wildman–Crippen MR) is 65.7 cm³/mol. The molecule has 2 bridgehead atoms. The van der Waals surface area contributed by atoms with Crippen LogP contribution in [0.25, 0.3) is 0 Å². The Hall–Kier alpha value is -0.283. The summed E-state index contributed by atoms with van der Waals surface area (Å²) in [6.07, 6.45) is -23.2. The van der Waals surface area contributed by atoms with Crippen LogP contribution in [0.3, 0.4) is 0 Å². The van der Waals surface area contributed by atoms with Crippen LogP contribution in [0.2, 0.25) is 0 Å². The molecule has 25 heavy (non-hydrogen) atoms. The zero-order valence-corrected chi connectivity index (χ0v) is 13.8. The molecule has 0 aliphatic carbocycles. The first-order valence-corrected chi connectivity index (χ1v) is 9.15. The molecule has 0 spiro atoms. The van der Waals surface area contributed by atoms with Crippen molar-refractivity contribution < 1.29 is 52.8 Å². The number of halogens is 10. The third kappa shape index (κ3) is 4.91. The molecule has 3 aliphatic rings. The maximum atomic E-state index is 13.0. The van der Waals surface area contributed by atoms with Gasteiger partial charge in [-0.3, -0.25) is 4.90 Å². The molecule has 3 saturated heterocycles. The fraction of sp³-hybridized carbons (Fsp3) is 1.00. The Bertz CT molecular complexity index is 421. The Kier molecular flexibility index (Phi) is 5.64. The van der Waals surface area contributed by atoms with Gasteiger partial charge in [0.1, 0.15) is 0 Å². The SMILES string of the molecule is FC(F)(F)C1CN2CC(C(F)(F)F)O[Si](CCl)(O1)OC(C(F)(F)F)C2. The van der Waals surface area contributed by atoms with Gasteiger partial charge in [-0.05, 0) is 0 Å². The molecule has 0 amide bonds.